The van der Waals surface area contributed by atoms with E-state index in [1.165, 1.54) is 0 Å². The maximum atomic E-state index is 12.7. The number of benzene rings is 2. The lowest BCUT2D eigenvalue weighted by atomic mass is 10.1. The van der Waals surface area contributed by atoms with E-state index in [4.69, 9.17) is 0 Å². The largest absolute Gasteiger partial charge is 0.394 e. The molecule has 4 amide bonds. The van der Waals surface area contributed by atoms with Gasteiger partial charge in [0.25, 0.3) is 5.91 Å². The zero-order chi connectivity index (χ0) is 22.5. The number of aliphatic hydroxyl groups excluding tert-OH is 1. The van der Waals surface area contributed by atoms with Gasteiger partial charge in [0, 0.05) is 23.6 Å². The van der Waals surface area contributed by atoms with Crippen molar-refractivity contribution in [2.75, 3.05) is 13.2 Å². The minimum absolute atomic E-state index is 0.167. The van der Waals surface area contributed by atoms with E-state index in [0.717, 1.165) is 26.9 Å². The number of nitrogens with one attached hydrogen (secondary N) is 3. The van der Waals surface area contributed by atoms with E-state index in [1.807, 2.05) is 60.8 Å². The number of carbonyl (C=O) groups excluding carboxylic acids is 3. The molecule has 1 aliphatic heterocycles. The predicted octanol–water partition coefficient (Wildman–Crippen LogP) is 1.74. The van der Waals surface area contributed by atoms with Gasteiger partial charge in [-0.3, -0.25) is 14.5 Å². The van der Waals surface area contributed by atoms with Crippen LogP contribution in [0.3, 0.4) is 0 Å². The van der Waals surface area contributed by atoms with Crippen molar-refractivity contribution in [2.24, 2.45) is 0 Å². The van der Waals surface area contributed by atoms with Gasteiger partial charge >= 0.3 is 6.03 Å². The van der Waals surface area contributed by atoms with Gasteiger partial charge in [-0.2, -0.15) is 0 Å². The number of fused-ring (bicyclic) bond motifs is 1. The number of nitrogens with zero attached hydrogens (tertiary/aromatic N) is 1. The normalized spacial score (nSPS) is 16.9. The van der Waals surface area contributed by atoms with Crippen molar-refractivity contribution >= 4 is 28.7 Å². The molecule has 1 saturated heterocycles. The Morgan fingerprint density at radius 1 is 1.09 bits per heavy atom. The van der Waals surface area contributed by atoms with Gasteiger partial charge in [0.05, 0.1) is 19.1 Å². The molecule has 0 spiro atoms. The van der Waals surface area contributed by atoms with E-state index < -0.39 is 29.9 Å². The average molecular weight is 434 g/mol. The molecule has 1 aromatic heterocycles. The summed E-state index contributed by atoms with van der Waals surface area (Å²) in [7, 11) is 0. The molecule has 0 saturated carbocycles. The number of aromatic amines is 1. The number of H-pyrrole nitrogens is 1. The first-order chi connectivity index (χ1) is 15.5. The van der Waals surface area contributed by atoms with Gasteiger partial charge in [-0.05, 0) is 30.0 Å². The first-order valence-electron chi connectivity index (χ1n) is 10.7. The first-order valence-corrected chi connectivity index (χ1v) is 10.7. The topological polar surface area (TPSA) is 115 Å². The second-order valence-electron chi connectivity index (χ2n) is 7.94. The fourth-order valence-corrected chi connectivity index (χ4v) is 4.03. The summed E-state index contributed by atoms with van der Waals surface area (Å²) in [6, 6.07) is 15.5. The number of aromatic nitrogens is 1. The van der Waals surface area contributed by atoms with Gasteiger partial charge < -0.3 is 20.7 Å². The fraction of sp³-hybridized carbons (Fsp3) is 0.292. The molecule has 4 N–H and O–H groups in total. The van der Waals surface area contributed by atoms with Crippen LogP contribution >= 0.6 is 0 Å². The lowest BCUT2D eigenvalue weighted by Gasteiger charge is -2.17. The van der Waals surface area contributed by atoms with Crippen LogP contribution in [-0.2, 0) is 22.4 Å². The summed E-state index contributed by atoms with van der Waals surface area (Å²) in [4.78, 5) is 41.9. The van der Waals surface area contributed by atoms with Crippen LogP contribution in [0.1, 0.15) is 17.5 Å². The fourth-order valence-electron chi connectivity index (χ4n) is 4.03. The van der Waals surface area contributed by atoms with Crippen molar-refractivity contribution in [3.8, 4) is 0 Å². The molecule has 8 nitrogen and oxygen atoms in total. The standard InChI is InChI=1S/C24H26N4O4/c29-15-18(12-16-6-2-1-3-7-16)26-22(30)13-21-23(31)28(24(32)27-21)11-10-17-14-25-20-9-5-4-8-19(17)20/h1-9,14,18,21,25,29H,10-13,15H2,(H,26,30)(H,27,32)/t18-,21-/m0/s1. The highest BCUT2D eigenvalue weighted by Gasteiger charge is 2.39. The maximum absolute atomic E-state index is 12.7. The Balaban J connectivity index is 1.31. The highest BCUT2D eigenvalue weighted by atomic mass is 16.3. The van der Waals surface area contributed by atoms with E-state index in [9.17, 15) is 19.5 Å². The summed E-state index contributed by atoms with van der Waals surface area (Å²) in [6.45, 7) is 0.0141. The van der Waals surface area contributed by atoms with Crippen LogP contribution in [0, 0.1) is 0 Å². The van der Waals surface area contributed by atoms with Crippen molar-refractivity contribution in [1.82, 2.24) is 20.5 Å². The zero-order valence-electron chi connectivity index (χ0n) is 17.6. The summed E-state index contributed by atoms with van der Waals surface area (Å²) in [5.74, 6) is -0.800. The molecule has 3 aromatic rings. The third-order valence-electron chi connectivity index (χ3n) is 5.69. The molecule has 0 bridgehead atoms. The number of aliphatic hydroxyl groups is 1. The zero-order valence-corrected chi connectivity index (χ0v) is 17.6. The summed E-state index contributed by atoms with van der Waals surface area (Å²) < 4.78 is 0. The van der Waals surface area contributed by atoms with Crippen LogP contribution in [0.5, 0.6) is 0 Å². The minimum atomic E-state index is -0.901. The maximum Gasteiger partial charge on any atom is 0.324 e. The van der Waals surface area contributed by atoms with Gasteiger partial charge in [-0.15, -0.1) is 0 Å². The second kappa shape index (κ2) is 9.65. The number of rotatable bonds is 9. The molecule has 4 rings (SSSR count). The van der Waals surface area contributed by atoms with Crippen molar-refractivity contribution in [2.45, 2.75) is 31.3 Å². The third kappa shape index (κ3) is 4.81. The van der Waals surface area contributed by atoms with Crippen molar-refractivity contribution in [3.05, 3.63) is 71.9 Å². The SMILES string of the molecule is O=C(C[C@@H]1NC(=O)N(CCc2c[nH]c3ccccc23)C1=O)N[C@H](CO)Cc1ccccc1. The Morgan fingerprint density at radius 3 is 2.62 bits per heavy atom. The van der Waals surface area contributed by atoms with E-state index in [2.05, 4.69) is 15.6 Å². The molecule has 1 aliphatic rings. The van der Waals surface area contributed by atoms with Gasteiger partial charge in [0.15, 0.2) is 0 Å². The Hall–Kier alpha value is -3.65. The molecule has 0 aliphatic carbocycles. The predicted molar refractivity (Wildman–Crippen MR) is 120 cm³/mol. The monoisotopic (exact) mass is 434 g/mol. The van der Waals surface area contributed by atoms with Gasteiger partial charge in [0.1, 0.15) is 6.04 Å². The Labute approximate surface area is 185 Å². The molecule has 2 heterocycles. The highest BCUT2D eigenvalue weighted by Crippen LogP contribution is 2.19. The lowest BCUT2D eigenvalue weighted by molar-refractivity contribution is -0.131. The number of hydrogen-bond acceptors (Lipinski definition) is 4. The molecule has 166 valence electrons. The van der Waals surface area contributed by atoms with Crippen LogP contribution in [0.4, 0.5) is 4.79 Å². The summed E-state index contributed by atoms with van der Waals surface area (Å²) in [5.41, 5.74) is 3.01. The summed E-state index contributed by atoms with van der Waals surface area (Å²) in [5, 5.41) is 16.0. The van der Waals surface area contributed by atoms with E-state index in [1.54, 1.807) is 0 Å². The van der Waals surface area contributed by atoms with Gasteiger partial charge in [-0.25, -0.2) is 4.79 Å². The van der Waals surface area contributed by atoms with E-state index in [-0.39, 0.29) is 19.6 Å². The summed E-state index contributed by atoms with van der Waals surface area (Å²) in [6.07, 6.45) is 2.71. The smallest absolute Gasteiger partial charge is 0.324 e. The van der Waals surface area contributed by atoms with Crippen LogP contribution in [0.25, 0.3) is 10.9 Å². The van der Waals surface area contributed by atoms with Crippen molar-refractivity contribution < 1.29 is 19.5 Å². The molecular weight excluding hydrogens is 408 g/mol. The molecule has 0 radical (unpaired) electrons. The number of hydrogen-bond donors (Lipinski definition) is 4. The van der Waals surface area contributed by atoms with Crippen LogP contribution in [0.2, 0.25) is 0 Å². The van der Waals surface area contributed by atoms with Crippen molar-refractivity contribution in [3.63, 3.8) is 0 Å². The Bertz CT molecular complexity index is 1110. The van der Waals surface area contributed by atoms with Crippen LogP contribution in [-0.4, -0.2) is 58.1 Å². The lowest BCUT2D eigenvalue weighted by Crippen LogP contribution is -2.43. The number of para-hydroxylation sites is 1. The van der Waals surface area contributed by atoms with Gasteiger partial charge in [0.2, 0.25) is 5.91 Å². The molecule has 0 unspecified atom stereocenters. The minimum Gasteiger partial charge on any atom is -0.394 e. The quantitative estimate of drug-likeness (QED) is 0.384. The summed E-state index contributed by atoms with van der Waals surface area (Å²) >= 11 is 0. The molecular formula is C24H26N4O4. The average Bonchev–Trinajstić information content (AvgIpc) is 3.33. The van der Waals surface area contributed by atoms with E-state index >= 15 is 0 Å². The van der Waals surface area contributed by atoms with Crippen LogP contribution in [0.15, 0.2) is 60.8 Å². The Morgan fingerprint density at radius 2 is 1.84 bits per heavy atom. The highest BCUT2D eigenvalue weighted by molar-refractivity contribution is 6.05. The first kappa shape index (κ1) is 21.6. The number of carbonyl (C=O) groups is 3. The molecule has 32 heavy (non-hydrogen) atoms. The molecule has 2 atom stereocenters. The molecule has 1 fully saturated rings. The Kier molecular flexibility index (Phi) is 6.51. The number of imide groups is 1. The second-order valence-corrected chi connectivity index (χ2v) is 7.94. The van der Waals surface area contributed by atoms with E-state index in [0.29, 0.717) is 12.8 Å². The molecule has 2 aromatic carbocycles. The third-order valence-corrected chi connectivity index (χ3v) is 5.69. The van der Waals surface area contributed by atoms with Crippen molar-refractivity contribution in [1.29, 1.82) is 0 Å². The molecule has 8 heteroatoms. The van der Waals surface area contributed by atoms with Gasteiger partial charge in [-0.1, -0.05) is 48.5 Å². The van der Waals surface area contributed by atoms with Crippen LogP contribution < -0.4 is 10.6 Å². The number of amides is 4. The number of urea groups is 1.